The highest BCUT2D eigenvalue weighted by Gasteiger charge is 2.37. The SMILES string of the molecule is CN[C@H](C)c1cc(C(F)(F)F)cc(C(F)(F)F)c1.O=S(=O)(O)O.O=S(=O)(O)O. The lowest BCUT2D eigenvalue weighted by Crippen LogP contribution is -2.17. The minimum Gasteiger partial charge on any atom is -0.313 e. The number of halogens is 6. The summed E-state index contributed by atoms with van der Waals surface area (Å²) in [6.07, 6.45) is -9.60. The molecule has 1 aromatic carbocycles. The molecule has 17 heteroatoms. The van der Waals surface area contributed by atoms with Gasteiger partial charge in [0.2, 0.25) is 0 Å². The fraction of sp³-hybridized carbons (Fsp3) is 0.455. The molecule has 0 amide bonds. The van der Waals surface area contributed by atoms with E-state index in [2.05, 4.69) is 5.32 Å². The van der Waals surface area contributed by atoms with Crippen molar-refractivity contribution in [3.8, 4) is 0 Å². The summed E-state index contributed by atoms with van der Waals surface area (Å²) in [4.78, 5) is 0. The Kier molecular flexibility index (Phi) is 10.6. The van der Waals surface area contributed by atoms with Crippen molar-refractivity contribution in [2.24, 2.45) is 0 Å². The topological polar surface area (TPSA) is 161 Å². The van der Waals surface area contributed by atoms with Gasteiger partial charge in [0.1, 0.15) is 0 Å². The first kappa shape index (κ1) is 28.7. The Labute approximate surface area is 155 Å². The maximum atomic E-state index is 12.5. The van der Waals surface area contributed by atoms with Gasteiger partial charge in [-0.05, 0) is 37.7 Å². The summed E-state index contributed by atoms with van der Waals surface area (Å²) in [7, 11) is -7.88. The fourth-order valence-corrected chi connectivity index (χ4v) is 1.40. The lowest BCUT2D eigenvalue weighted by molar-refractivity contribution is -0.143. The van der Waals surface area contributed by atoms with Crippen LogP contribution in [0.4, 0.5) is 26.3 Å². The summed E-state index contributed by atoms with van der Waals surface area (Å²) in [6, 6.07) is 0.951. The van der Waals surface area contributed by atoms with Gasteiger partial charge in [0.05, 0.1) is 11.1 Å². The largest absolute Gasteiger partial charge is 0.416 e. The van der Waals surface area contributed by atoms with Crippen LogP contribution in [0.15, 0.2) is 18.2 Å². The average molecular weight is 467 g/mol. The monoisotopic (exact) mass is 467 g/mol. The summed E-state index contributed by atoms with van der Waals surface area (Å²) in [6.45, 7) is 1.48. The summed E-state index contributed by atoms with van der Waals surface area (Å²) >= 11 is 0. The molecule has 5 N–H and O–H groups in total. The zero-order valence-electron chi connectivity index (χ0n) is 13.8. The van der Waals surface area contributed by atoms with E-state index in [1.807, 2.05) is 0 Å². The molecule has 166 valence electrons. The van der Waals surface area contributed by atoms with Crippen molar-refractivity contribution in [1.82, 2.24) is 5.32 Å². The molecular weight excluding hydrogens is 452 g/mol. The Morgan fingerprint density at radius 1 is 0.786 bits per heavy atom. The first-order valence-corrected chi connectivity index (χ1v) is 9.21. The molecule has 0 saturated carbocycles. The third-order valence-corrected chi connectivity index (χ3v) is 2.54. The van der Waals surface area contributed by atoms with Crippen LogP contribution in [0.1, 0.15) is 29.7 Å². The van der Waals surface area contributed by atoms with Crippen LogP contribution in [-0.4, -0.2) is 42.1 Å². The molecule has 0 aliphatic heterocycles. The number of hydrogen-bond acceptors (Lipinski definition) is 5. The van der Waals surface area contributed by atoms with Gasteiger partial charge in [0.25, 0.3) is 0 Å². The molecule has 0 bridgehead atoms. The van der Waals surface area contributed by atoms with E-state index < -0.39 is 50.3 Å². The van der Waals surface area contributed by atoms with E-state index in [0.717, 1.165) is 12.1 Å². The number of nitrogens with one attached hydrogen (secondary N) is 1. The molecule has 0 fully saturated rings. The predicted molar refractivity (Wildman–Crippen MR) is 82.3 cm³/mol. The second-order valence-corrected chi connectivity index (χ2v) is 6.54. The molecule has 0 aromatic heterocycles. The van der Waals surface area contributed by atoms with Gasteiger partial charge in [0.15, 0.2) is 0 Å². The predicted octanol–water partition coefficient (Wildman–Crippen LogP) is 2.70. The molecule has 1 atom stereocenters. The molecule has 1 rings (SSSR count). The van der Waals surface area contributed by atoms with E-state index in [0.29, 0.717) is 0 Å². The van der Waals surface area contributed by atoms with E-state index in [9.17, 15) is 26.3 Å². The highest BCUT2D eigenvalue weighted by molar-refractivity contribution is 7.80. The number of benzene rings is 1. The third-order valence-electron chi connectivity index (χ3n) is 2.54. The Hall–Kier alpha value is -1.50. The number of hydrogen-bond donors (Lipinski definition) is 5. The molecule has 0 radical (unpaired) electrons. The Morgan fingerprint density at radius 2 is 1.04 bits per heavy atom. The lowest BCUT2D eigenvalue weighted by atomic mass is 10.0. The minimum absolute atomic E-state index is 0.0559. The lowest BCUT2D eigenvalue weighted by Gasteiger charge is -2.17. The van der Waals surface area contributed by atoms with Crippen molar-refractivity contribution in [3.63, 3.8) is 0 Å². The van der Waals surface area contributed by atoms with Crippen molar-refractivity contribution >= 4 is 20.8 Å². The maximum absolute atomic E-state index is 12.5. The van der Waals surface area contributed by atoms with Gasteiger partial charge >= 0.3 is 33.2 Å². The van der Waals surface area contributed by atoms with E-state index in [1.165, 1.54) is 14.0 Å². The van der Waals surface area contributed by atoms with Crippen LogP contribution in [0.3, 0.4) is 0 Å². The molecule has 28 heavy (non-hydrogen) atoms. The quantitative estimate of drug-likeness (QED) is 0.325. The zero-order chi connectivity index (χ0) is 23.1. The van der Waals surface area contributed by atoms with E-state index in [-0.39, 0.29) is 11.6 Å². The average Bonchev–Trinajstić information content (AvgIpc) is 2.40. The summed E-state index contributed by atoms with van der Waals surface area (Å²) in [5.74, 6) is 0. The minimum atomic E-state index is -4.80. The van der Waals surface area contributed by atoms with Gasteiger partial charge in [-0.25, -0.2) is 0 Å². The fourth-order valence-electron chi connectivity index (χ4n) is 1.40. The van der Waals surface area contributed by atoms with Crippen LogP contribution in [-0.2, 0) is 33.2 Å². The van der Waals surface area contributed by atoms with Crippen LogP contribution < -0.4 is 5.32 Å². The Morgan fingerprint density at radius 3 is 1.21 bits per heavy atom. The second-order valence-electron chi connectivity index (χ2n) is 4.75. The van der Waals surface area contributed by atoms with Gasteiger partial charge in [-0.1, -0.05) is 0 Å². The van der Waals surface area contributed by atoms with Crippen LogP contribution in [0.25, 0.3) is 0 Å². The Balaban J connectivity index is 0. The van der Waals surface area contributed by atoms with Crippen LogP contribution in [0.2, 0.25) is 0 Å². The van der Waals surface area contributed by atoms with Crippen molar-refractivity contribution in [2.75, 3.05) is 7.05 Å². The van der Waals surface area contributed by atoms with Crippen molar-refractivity contribution < 1.29 is 61.4 Å². The van der Waals surface area contributed by atoms with Crippen LogP contribution in [0.5, 0.6) is 0 Å². The standard InChI is InChI=1S/C11H11F6N.2H2O4S/c1-6(18-2)7-3-8(10(12,13)14)5-9(4-7)11(15,16)17;2*1-5(2,3)4/h3-6,18H,1-2H3;2*(H2,1,2,3,4)/t6-;;/m1../s1. The normalized spacial score (nSPS) is 13.6. The van der Waals surface area contributed by atoms with Gasteiger partial charge < -0.3 is 5.32 Å². The first-order valence-electron chi connectivity index (χ1n) is 6.42. The first-order chi connectivity index (χ1) is 12.1. The van der Waals surface area contributed by atoms with Crippen molar-refractivity contribution in [2.45, 2.75) is 25.3 Å². The molecule has 9 nitrogen and oxygen atoms in total. The van der Waals surface area contributed by atoms with Gasteiger partial charge in [-0.15, -0.1) is 0 Å². The maximum Gasteiger partial charge on any atom is 0.416 e. The van der Waals surface area contributed by atoms with E-state index in [4.69, 9.17) is 35.0 Å². The smallest absolute Gasteiger partial charge is 0.313 e. The van der Waals surface area contributed by atoms with Gasteiger partial charge in [-0.2, -0.15) is 43.2 Å². The molecule has 1 aromatic rings. The van der Waals surface area contributed by atoms with E-state index >= 15 is 0 Å². The number of alkyl halides is 6. The summed E-state index contributed by atoms with van der Waals surface area (Å²) < 4.78 is 138. The van der Waals surface area contributed by atoms with Gasteiger partial charge in [0, 0.05) is 6.04 Å². The Bertz CT molecular complexity index is 757. The summed E-state index contributed by atoms with van der Waals surface area (Å²) in [5, 5.41) is 2.60. The second kappa shape index (κ2) is 10.3. The highest BCUT2D eigenvalue weighted by atomic mass is 32.3. The molecule has 0 spiro atoms. The number of rotatable bonds is 2. The van der Waals surface area contributed by atoms with Crippen molar-refractivity contribution in [3.05, 3.63) is 34.9 Å². The van der Waals surface area contributed by atoms with Crippen LogP contribution in [0, 0.1) is 0 Å². The third kappa shape index (κ3) is 16.7. The highest BCUT2D eigenvalue weighted by Crippen LogP contribution is 2.37. The summed E-state index contributed by atoms with van der Waals surface area (Å²) in [5.41, 5.74) is -2.65. The zero-order valence-corrected chi connectivity index (χ0v) is 15.4. The van der Waals surface area contributed by atoms with Gasteiger partial charge in [-0.3, -0.25) is 18.2 Å². The van der Waals surface area contributed by atoms with Crippen molar-refractivity contribution in [1.29, 1.82) is 0 Å². The van der Waals surface area contributed by atoms with E-state index in [1.54, 1.807) is 0 Å². The molecule has 0 saturated heterocycles. The molecule has 0 heterocycles. The molecule has 0 unspecified atom stereocenters. The molecular formula is C11H15F6NO8S2. The molecule has 0 aliphatic carbocycles. The molecule has 0 aliphatic rings. The van der Waals surface area contributed by atoms with Crippen LogP contribution >= 0.6 is 0 Å².